The van der Waals surface area contributed by atoms with Crippen molar-refractivity contribution in [2.24, 2.45) is 7.05 Å². The van der Waals surface area contributed by atoms with E-state index < -0.39 is 6.04 Å². The number of ether oxygens (including phenoxy) is 2. The van der Waals surface area contributed by atoms with Crippen LogP contribution in [0.3, 0.4) is 0 Å². The van der Waals surface area contributed by atoms with Crippen LogP contribution in [0, 0.1) is 0 Å². The summed E-state index contributed by atoms with van der Waals surface area (Å²) >= 11 is 0. The number of methoxy groups -OCH3 is 1. The van der Waals surface area contributed by atoms with Crippen molar-refractivity contribution in [2.45, 2.75) is 18.6 Å². The van der Waals surface area contributed by atoms with Crippen molar-refractivity contribution in [1.82, 2.24) is 14.7 Å². The number of morpholine rings is 1. The summed E-state index contributed by atoms with van der Waals surface area (Å²) in [6.45, 7) is 0.452. The number of hydrogen-bond acceptors (Lipinski definition) is 5. The number of rotatable bonds is 2. The Labute approximate surface area is 103 Å². The molecule has 0 aromatic carbocycles. The van der Waals surface area contributed by atoms with Crippen molar-refractivity contribution in [2.75, 3.05) is 13.7 Å². The highest BCUT2D eigenvalue weighted by Gasteiger charge is 2.49. The average Bonchev–Trinajstić information content (AvgIpc) is 3.00. The lowest BCUT2D eigenvalue weighted by atomic mass is 10.2. The largest absolute Gasteiger partial charge is 0.479 e. The Morgan fingerprint density at radius 1 is 1.61 bits per heavy atom. The Balaban J connectivity index is 1.89. The predicted octanol–water partition coefficient (Wildman–Crippen LogP) is -0.431. The second kappa shape index (κ2) is 3.72. The van der Waals surface area contributed by atoms with Crippen LogP contribution in [0.5, 0.6) is 5.88 Å². The summed E-state index contributed by atoms with van der Waals surface area (Å²) in [6, 6.07) is -0.451. The quantitative estimate of drug-likeness (QED) is 0.667. The minimum atomic E-state index is -0.451. The van der Waals surface area contributed by atoms with Gasteiger partial charge < -0.3 is 14.4 Å². The fraction of sp³-hybridized carbons (Fsp3) is 0.545. The molecule has 2 fully saturated rings. The van der Waals surface area contributed by atoms with Crippen LogP contribution in [-0.2, 0) is 16.6 Å². The van der Waals surface area contributed by atoms with Crippen molar-refractivity contribution >= 4 is 11.9 Å². The normalized spacial score (nSPS) is 25.4. The van der Waals surface area contributed by atoms with Gasteiger partial charge in [0.15, 0.2) is 0 Å². The van der Waals surface area contributed by atoms with Gasteiger partial charge in [0.2, 0.25) is 5.88 Å². The predicted molar refractivity (Wildman–Crippen MR) is 59.1 cm³/mol. The molecule has 18 heavy (non-hydrogen) atoms. The number of fused-ring (bicyclic) bond motifs is 2. The molecule has 1 aromatic heterocycles. The van der Waals surface area contributed by atoms with Gasteiger partial charge in [-0.25, -0.2) is 4.79 Å². The first-order valence-corrected chi connectivity index (χ1v) is 5.69. The summed E-state index contributed by atoms with van der Waals surface area (Å²) in [6.07, 6.45) is 2.03. The van der Waals surface area contributed by atoms with Gasteiger partial charge in [-0.2, -0.15) is 0 Å². The number of aryl methyl sites for hydroxylation is 1. The maximum absolute atomic E-state index is 12.4. The Kier molecular flexibility index (Phi) is 2.29. The molecule has 3 rings (SSSR count). The third-order valence-corrected chi connectivity index (χ3v) is 3.30. The minimum absolute atomic E-state index is 0.158. The van der Waals surface area contributed by atoms with Crippen LogP contribution >= 0.6 is 0 Å². The van der Waals surface area contributed by atoms with E-state index in [0.29, 0.717) is 18.5 Å². The molecule has 2 aliphatic heterocycles. The lowest BCUT2D eigenvalue weighted by Gasteiger charge is -2.25. The van der Waals surface area contributed by atoms with Gasteiger partial charge >= 0.3 is 5.97 Å². The summed E-state index contributed by atoms with van der Waals surface area (Å²) in [5.41, 5.74) is 0.375. The van der Waals surface area contributed by atoms with Crippen molar-refractivity contribution in [3.8, 4) is 5.88 Å². The lowest BCUT2D eigenvalue weighted by Crippen LogP contribution is -2.44. The van der Waals surface area contributed by atoms with E-state index in [4.69, 9.17) is 9.47 Å². The molecule has 2 unspecified atom stereocenters. The highest BCUT2D eigenvalue weighted by molar-refractivity contribution is 5.99. The van der Waals surface area contributed by atoms with Gasteiger partial charge in [0.05, 0.1) is 13.7 Å². The van der Waals surface area contributed by atoms with E-state index in [9.17, 15) is 9.59 Å². The molecule has 0 N–H and O–H groups in total. The van der Waals surface area contributed by atoms with Crippen LogP contribution < -0.4 is 4.74 Å². The Morgan fingerprint density at radius 3 is 3.00 bits per heavy atom. The molecule has 0 saturated carbocycles. The number of likely N-dealkylation sites (tertiary alicyclic amines) is 1. The fourth-order valence-electron chi connectivity index (χ4n) is 2.49. The molecule has 7 nitrogen and oxygen atoms in total. The van der Waals surface area contributed by atoms with E-state index in [0.717, 1.165) is 0 Å². The Bertz CT molecular complexity index is 524. The van der Waals surface area contributed by atoms with E-state index in [1.807, 2.05) is 0 Å². The zero-order valence-electron chi connectivity index (χ0n) is 10.1. The Hall–Kier alpha value is -2.05. The number of carbonyl (C=O) groups is 2. The van der Waals surface area contributed by atoms with Crippen LogP contribution in [0.4, 0.5) is 0 Å². The third kappa shape index (κ3) is 1.47. The maximum Gasteiger partial charge on any atom is 0.329 e. The third-order valence-electron chi connectivity index (χ3n) is 3.30. The number of aromatic nitrogens is 2. The van der Waals surface area contributed by atoms with E-state index in [1.165, 1.54) is 16.7 Å². The van der Waals surface area contributed by atoms with Gasteiger partial charge in [-0.15, -0.1) is 5.10 Å². The number of carbonyl (C=O) groups excluding carboxylic acids is 2. The summed E-state index contributed by atoms with van der Waals surface area (Å²) in [5.74, 6) is -0.273. The first kappa shape index (κ1) is 11.1. The number of hydrogen-bond donors (Lipinski definition) is 0. The molecule has 7 heteroatoms. The highest BCUT2D eigenvalue weighted by atomic mass is 16.6. The maximum atomic E-state index is 12.4. The summed E-state index contributed by atoms with van der Waals surface area (Å²) in [7, 11) is 3.17. The molecule has 1 aromatic rings. The molecule has 96 valence electrons. The van der Waals surface area contributed by atoms with E-state index >= 15 is 0 Å². The monoisotopic (exact) mass is 251 g/mol. The van der Waals surface area contributed by atoms with Gasteiger partial charge in [0.25, 0.3) is 5.91 Å². The summed E-state index contributed by atoms with van der Waals surface area (Å²) in [4.78, 5) is 25.4. The molecule has 2 saturated heterocycles. The molecule has 2 atom stereocenters. The lowest BCUT2D eigenvalue weighted by molar-refractivity contribution is -0.149. The van der Waals surface area contributed by atoms with Crippen molar-refractivity contribution in [3.05, 3.63) is 11.8 Å². The van der Waals surface area contributed by atoms with Crippen LogP contribution in [0.15, 0.2) is 6.20 Å². The van der Waals surface area contributed by atoms with Crippen LogP contribution in [-0.4, -0.2) is 52.4 Å². The number of esters is 1. The smallest absolute Gasteiger partial charge is 0.329 e. The molecule has 3 heterocycles. The zero-order chi connectivity index (χ0) is 12.9. The van der Waals surface area contributed by atoms with Gasteiger partial charge in [0.1, 0.15) is 17.7 Å². The standard InChI is InChI=1S/C11H13N3O4/c1-13-5-7(9(12-13)17-2)10(15)14-4-6-3-8(14)11(16)18-6/h5-6,8H,3-4H2,1-2H3. The molecular formula is C11H13N3O4. The van der Waals surface area contributed by atoms with Gasteiger partial charge in [-0.1, -0.05) is 0 Å². The van der Waals surface area contributed by atoms with Crippen molar-refractivity contribution in [3.63, 3.8) is 0 Å². The van der Waals surface area contributed by atoms with E-state index in [-0.39, 0.29) is 23.9 Å². The van der Waals surface area contributed by atoms with Gasteiger partial charge in [-0.3, -0.25) is 9.48 Å². The van der Waals surface area contributed by atoms with Crippen LogP contribution in [0.25, 0.3) is 0 Å². The van der Waals surface area contributed by atoms with Crippen molar-refractivity contribution in [1.29, 1.82) is 0 Å². The number of amides is 1. The van der Waals surface area contributed by atoms with Gasteiger partial charge in [0, 0.05) is 19.7 Å². The summed E-state index contributed by atoms with van der Waals surface area (Å²) in [5, 5.41) is 4.03. The molecule has 2 aliphatic rings. The molecule has 0 radical (unpaired) electrons. The first-order valence-electron chi connectivity index (χ1n) is 5.69. The van der Waals surface area contributed by atoms with E-state index in [2.05, 4.69) is 5.10 Å². The second-order valence-electron chi connectivity index (χ2n) is 4.49. The van der Waals surface area contributed by atoms with E-state index in [1.54, 1.807) is 13.2 Å². The molecule has 2 bridgehead atoms. The first-order chi connectivity index (χ1) is 8.60. The average molecular weight is 251 g/mol. The molecule has 0 spiro atoms. The number of nitrogens with zero attached hydrogens (tertiary/aromatic N) is 3. The Morgan fingerprint density at radius 2 is 2.39 bits per heavy atom. The highest BCUT2D eigenvalue weighted by Crippen LogP contribution is 2.31. The minimum Gasteiger partial charge on any atom is -0.479 e. The fourth-order valence-corrected chi connectivity index (χ4v) is 2.49. The topological polar surface area (TPSA) is 73.7 Å². The molecule has 1 amide bonds. The molecular weight excluding hydrogens is 238 g/mol. The van der Waals surface area contributed by atoms with Crippen molar-refractivity contribution < 1.29 is 19.1 Å². The van der Waals surface area contributed by atoms with Crippen LogP contribution in [0.2, 0.25) is 0 Å². The molecule has 0 aliphatic carbocycles. The summed E-state index contributed by atoms with van der Waals surface area (Å²) < 4.78 is 11.6. The zero-order valence-corrected chi connectivity index (χ0v) is 10.1. The second-order valence-corrected chi connectivity index (χ2v) is 4.49. The van der Waals surface area contributed by atoms with Gasteiger partial charge in [-0.05, 0) is 0 Å². The SMILES string of the molecule is COc1nn(C)cc1C(=O)N1CC2CC1C(=O)O2. The van der Waals surface area contributed by atoms with Crippen LogP contribution in [0.1, 0.15) is 16.8 Å².